The number of benzene rings is 5. The van der Waals surface area contributed by atoms with Gasteiger partial charge in [0.2, 0.25) is 0 Å². The number of methoxy groups -OCH3 is 2. The monoisotopic (exact) mass is 560 g/mol. The Kier molecular flexibility index (Phi) is 7.51. The lowest BCUT2D eigenvalue weighted by Gasteiger charge is -2.22. The highest BCUT2D eigenvalue weighted by Crippen LogP contribution is 2.48. The summed E-state index contributed by atoms with van der Waals surface area (Å²) in [5, 5.41) is 15.8. The highest BCUT2D eigenvalue weighted by molar-refractivity contribution is 6.11. The van der Waals surface area contributed by atoms with Crippen molar-refractivity contribution in [2.24, 2.45) is 0 Å². The molecule has 0 radical (unpaired) electrons. The molecule has 8 heteroatoms. The summed E-state index contributed by atoms with van der Waals surface area (Å²) < 4.78 is 12.2. The second-order valence-electron chi connectivity index (χ2n) is 10.2. The molecule has 0 saturated heterocycles. The lowest BCUT2D eigenvalue weighted by Crippen LogP contribution is -2.35. The van der Waals surface area contributed by atoms with Gasteiger partial charge in [-0.2, -0.15) is 0 Å². The predicted molar refractivity (Wildman–Crippen MR) is 165 cm³/mol. The molecule has 0 spiro atoms. The number of nitrogens with one attached hydrogen (secondary N) is 4. The van der Waals surface area contributed by atoms with Crippen LogP contribution in [-0.2, 0) is 26.2 Å². The molecule has 4 amide bonds. The lowest BCUT2D eigenvalue weighted by molar-refractivity contribution is 0.239. The fourth-order valence-corrected chi connectivity index (χ4v) is 5.69. The molecule has 42 heavy (non-hydrogen) atoms. The second-order valence-corrected chi connectivity index (χ2v) is 10.2. The van der Waals surface area contributed by atoms with Crippen molar-refractivity contribution in [2.45, 2.75) is 26.2 Å². The molecular formula is C34H32N4O4. The summed E-state index contributed by atoms with van der Waals surface area (Å²) in [7, 11) is 3.29. The van der Waals surface area contributed by atoms with Gasteiger partial charge in [-0.25, -0.2) is 9.59 Å². The number of fused-ring (bicyclic) bond motifs is 11. The Morgan fingerprint density at radius 3 is 1.40 bits per heavy atom. The summed E-state index contributed by atoms with van der Waals surface area (Å²) in [5.41, 5.74) is 5.24. The van der Waals surface area contributed by atoms with Crippen LogP contribution >= 0.6 is 0 Å². The second kappa shape index (κ2) is 11.7. The first kappa shape index (κ1) is 27.0. The summed E-state index contributed by atoms with van der Waals surface area (Å²) >= 11 is 0. The van der Waals surface area contributed by atoms with Gasteiger partial charge in [-0.3, -0.25) is 0 Å². The van der Waals surface area contributed by atoms with Crippen molar-refractivity contribution in [2.75, 3.05) is 14.2 Å². The van der Waals surface area contributed by atoms with E-state index in [0.29, 0.717) is 24.6 Å². The minimum absolute atomic E-state index is 0.257. The molecule has 0 fully saturated rings. The van der Waals surface area contributed by atoms with E-state index in [2.05, 4.69) is 45.5 Å². The first-order valence-corrected chi connectivity index (χ1v) is 13.8. The Hall–Kier alpha value is -5.24. The van der Waals surface area contributed by atoms with Crippen LogP contribution in [0.25, 0.3) is 32.7 Å². The van der Waals surface area contributed by atoms with Crippen molar-refractivity contribution in [3.8, 4) is 22.6 Å². The first-order chi connectivity index (χ1) is 20.6. The standard InChI is InChI=1S/C34H32N4O4/c1-41-31-25-15-23-10-3-5-12-27(23)29(31)30-28-13-6-4-11-24(28)16-26(32(30)42-2)20-38-34(40)36-18-22-9-7-8-21(14-22)17-35-33(39)37-19-25/h3-16H,17-20H2,1-2H3,(H2,35,37,39)(H2,36,38,40). The summed E-state index contributed by atoms with van der Waals surface area (Å²) in [5.74, 6) is 1.29. The Labute approximate surface area is 244 Å². The van der Waals surface area contributed by atoms with Gasteiger partial charge in [0.1, 0.15) is 11.5 Å². The third kappa shape index (κ3) is 5.26. The van der Waals surface area contributed by atoms with E-state index >= 15 is 0 Å². The number of hydrogen-bond donors (Lipinski definition) is 4. The number of amides is 4. The van der Waals surface area contributed by atoms with E-state index in [9.17, 15) is 9.59 Å². The number of carbonyl (C=O) groups excluding carboxylic acids is 2. The zero-order chi connectivity index (χ0) is 29.1. The molecule has 0 unspecified atom stereocenters. The molecule has 0 atom stereocenters. The maximum absolute atomic E-state index is 12.9. The third-order valence-corrected chi connectivity index (χ3v) is 7.59. The van der Waals surface area contributed by atoms with Gasteiger partial charge in [-0.15, -0.1) is 0 Å². The van der Waals surface area contributed by atoms with Crippen molar-refractivity contribution in [3.63, 3.8) is 0 Å². The highest BCUT2D eigenvalue weighted by Gasteiger charge is 2.24. The van der Waals surface area contributed by atoms with Gasteiger partial charge in [0.25, 0.3) is 0 Å². The van der Waals surface area contributed by atoms with Gasteiger partial charge in [-0.05, 0) is 44.8 Å². The maximum Gasteiger partial charge on any atom is 0.315 e. The van der Waals surface area contributed by atoms with Gasteiger partial charge in [0, 0.05) is 48.4 Å². The third-order valence-electron chi connectivity index (χ3n) is 7.59. The van der Waals surface area contributed by atoms with Crippen LogP contribution < -0.4 is 30.7 Å². The normalized spacial score (nSPS) is 14.0. The number of carbonyl (C=O) groups is 2. The molecule has 0 aliphatic carbocycles. The van der Waals surface area contributed by atoms with Crippen LogP contribution in [0, 0.1) is 0 Å². The number of ether oxygens (including phenoxy) is 2. The molecule has 212 valence electrons. The lowest BCUT2D eigenvalue weighted by atomic mass is 9.88. The van der Waals surface area contributed by atoms with E-state index in [4.69, 9.17) is 9.47 Å². The largest absolute Gasteiger partial charge is 0.496 e. The summed E-state index contributed by atoms with van der Waals surface area (Å²) in [6, 6.07) is 27.5. The van der Waals surface area contributed by atoms with E-state index in [1.54, 1.807) is 14.2 Å². The summed E-state index contributed by atoms with van der Waals surface area (Å²) in [6.07, 6.45) is 0. The molecule has 5 aromatic carbocycles. The van der Waals surface area contributed by atoms with Crippen LogP contribution in [0.4, 0.5) is 9.59 Å². The fourth-order valence-electron chi connectivity index (χ4n) is 5.69. The molecular weight excluding hydrogens is 528 g/mol. The van der Waals surface area contributed by atoms with Crippen LogP contribution in [0.2, 0.25) is 0 Å². The van der Waals surface area contributed by atoms with E-state index < -0.39 is 0 Å². The fraction of sp³-hybridized carbons (Fsp3) is 0.176. The van der Waals surface area contributed by atoms with Crippen LogP contribution in [-0.4, -0.2) is 26.3 Å². The molecule has 1 heterocycles. The van der Waals surface area contributed by atoms with Crippen LogP contribution in [0.15, 0.2) is 84.9 Å². The first-order valence-electron chi connectivity index (χ1n) is 13.8. The number of hydrogen-bond acceptors (Lipinski definition) is 4. The van der Waals surface area contributed by atoms with E-state index in [0.717, 1.165) is 54.9 Å². The van der Waals surface area contributed by atoms with Crippen LogP contribution in [0.5, 0.6) is 11.5 Å². The molecule has 8 nitrogen and oxygen atoms in total. The molecule has 1 aliphatic heterocycles. The molecule has 6 bridgehead atoms. The predicted octanol–water partition coefficient (Wildman–Crippen LogP) is 5.99. The average Bonchev–Trinajstić information content (AvgIpc) is 3.02. The smallest absolute Gasteiger partial charge is 0.315 e. The number of rotatable bonds is 2. The topological polar surface area (TPSA) is 101 Å². The highest BCUT2D eigenvalue weighted by atomic mass is 16.5. The minimum atomic E-state index is -0.294. The van der Waals surface area contributed by atoms with Gasteiger partial charge >= 0.3 is 12.1 Å². The van der Waals surface area contributed by atoms with Gasteiger partial charge in [0.05, 0.1) is 14.2 Å². The zero-order valence-electron chi connectivity index (χ0n) is 23.5. The van der Waals surface area contributed by atoms with Crippen molar-refractivity contribution in [1.29, 1.82) is 0 Å². The summed E-state index contributed by atoms with van der Waals surface area (Å²) in [6.45, 7) is 1.21. The van der Waals surface area contributed by atoms with Gasteiger partial charge < -0.3 is 30.7 Å². The Bertz CT molecular complexity index is 1690. The molecule has 0 saturated carbocycles. The molecule has 0 aromatic heterocycles. The Morgan fingerprint density at radius 1 is 0.524 bits per heavy atom. The Morgan fingerprint density at radius 2 is 0.952 bits per heavy atom. The minimum Gasteiger partial charge on any atom is -0.496 e. The average molecular weight is 561 g/mol. The van der Waals surface area contributed by atoms with Gasteiger partial charge in [0.15, 0.2) is 0 Å². The zero-order valence-corrected chi connectivity index (χ0v) is 23.5. The van der Waals surface area contributed by atoms with Gasteiger partial charge in [-0.1, -0.05) is 72.8 Å². The van der Waals surface area contributed by atoms with E-state index in [1.807, 2.05) is 60.7 Å². The van der Waals surface area contributed by atoms with E-state index in [-0.39, 0.29) is 25.2 Å². The molecule has 6 rings (SSSR count). The maximum atomic E-state index is 12.9. The molecule has 1 aliphatic rings. The van der Waals surface area contributed by atoms with Crippen LogP contribution in [0.3, 0.4) is 0 Å². The molecule has 4 N–H and O–H groups in total. The Balaban J connectivity index is 1.57. The summed E-state index contributed by atoms with van der Waals surface area (Å²) in [4.78, 5) is 25.8. The quantitative estimate of drug-likeness (QED) is 0.213. The van der Waals surface area contributed by atoms with Crippen molar-refractivity contribution in [1.82, 2.24) is 21.3 Å². The van der Waals surface area contributed by atoms with Crippen LogP contribution in [0.1, 0.15) is 22.3 Å². The van der Waals surface area contributed by atoms with E-state index in [1.165, 1.54) is 0 Å². The molecule has 5 aromatic rings. The van der Waals surface area contributed by atoms with Crippen molar-refractivity contribution >= 4 is 33.6 Å². The number of urea groups is 2. The van der Waals surface area contributed by atoms with Crippen molar-refractivity contribution in [3.05, 3.63) is 107 Å². The van der Waals surface area contributed by atoms with Crippen molar-refractivity contribution < 1.29 is 19.1 Å². The SMILES string of the molecule is COc1c2cc3ccccc3c1-c1c(OC)c(cc3ccccc13)CNC(=O)NCc1cccc(c1)CNC(=O)NC2.